The van der Waals surface area contributed by atoms with Crippen molar-refractivity contribution in [1.29, 1.82) is 0 Å². The van der Waals surface area contributed by atoms with Gasteiger partial charge in [0.25, 0.3) is 0 Å². The van der Waals surface area contributed by atoms with E-state index in [2.05, 4.69) is 22.2 Å². The normalized spacial score (nSPS) is 15.0. The molecule has 1 saturated carbocycles. The summed E-state index contributed by atoms with van der Waals surface area (Å²) in [7, 11) is 2.17. The minimum Gasteiger partial charge on any atom is -0.361 e. The fourth-order valence-corrected chi connectivity index (χ4v) is 4.60. The number of nitrogens with one attached hydrogen (secondary N) is 2. The number of hydrogen-bond acceptors (Lipinski definition) is 2. The Morgan fingerprint density at radius 3 is 2.65 bits per heavy atom. The second-order valence-corrected chi connectivity index (χ2v) is 8.84. The first-order chi connectivity index (χ1) is 15.0. The van der Waals surface area contributed by atoms with Gasteiger partial charge in [0, 0.05) is 36.2 Å². The van der Waals surface area contributed by atoms with Crippen molar-refractivity contribution in [2.45, 2.75) is 51.5 Å². The summed E-state index contributed by atoms with van der Waals surface area (Å²) in [6.45, 7) is 3.33. The van der Waals surface area contributed by atoms with Gasteiger partial charge in [-0.1, -0.05) is 43.5 Å². The molecule has 0 atom stereocenters. The van der Waals surface area contributed by atoms with Gasteiger partial charge in [0.15, 0.2) is 0 Å². The Morgan fingerprint density at radius 2 is 1.87 bits per heavy atom. The molecule has 0 spiro atoms. The summed E-state index contributed by atoms with van der Waals surface area (Å²) in [6, 6.07) is 12.0. The lowest BCUT2D eigenvalue weighted by Gasteiger charge is -2.31. The van der Waals surface area contributed by atoms with E-state index in [0.717, 1.165) is 34.1 Å². The van der Waals surface area contributed by atoms with Crippen LogP contribution in [-0.4, -0.2) is 42.0 Å². The largest absolute Gasteiger partial charge is 0.361 e. The molecule has 3 aromatic rings. The third-order valence-corrected chi connectivity index (χ3v) is 6.61. The highest BCUT2D eigenvalue weighted by molar-refractivity contribution is 5.91. The Hall–Kier alpha value is -2.66. The molecule has 0 unspecified atom stereocenters. The van der Waals surface area contributed by atoms with Gasteiger partial charge in [-0.2, -0.15) is 0 Å². The first-order valence-corrected chi connectivity index (χ1v) is 11.3. The zero-order valence-corrected chi connectivity index (χ0v) is 18.5. The molecule has 1 aromatic heterocycles. The Kier molecular flexibility index (Phi) is 6.71. The van der Waals surface area contributed by atoms with E-state index < -0.39 is 0 Å². The van der Waals surface area contributed by atoms with Crippen LogP contribution in [-0.2, 0) is 11.2 Å². The predicted octanol–water partition coefficient (Wildman–Crippen LogP) is 5.21. The summed E-state index contributed by atoms with van der Waals surface area (Å²) in [5, 5.41) is 4.10. The number of H-pyrrole nitrogens is 1. The summed E-state index contributed by atoms with van der Waals surface area (Å²) in [4.78, 5) is 18.1. The molecule has 31 heavy (non-hydrogen) atoms. The van der Waals surface area contributed by atoms with E-state index in [9.17, 15) is 9.18 Å². The lowest BCUT2D eigenvalue weighted by Crippen LogP contribution is -2.39. The van der Waals surface area contributed by atoms with Crippen molar-refractivity contribution in [2.75, 3.05) is 20.1 Å². The van der Waals surface area contributed by atoms with Gasteiger partial charge >= 0.3 is 0 Å². The average molecular weight is 422 g/mol. The highest BCUT2D eigenvalue weighted by Crippen LogP contribution is 2.27. The van der Waals surface area contributed by atoms with Crippen LogP contribution >= 0.6 is 0 Å². The van der Waals surface area contributed by atoms with E-state index in [1.807, 2.05) is 30.5 Å². The van der Waals surface area contributed by atoms with Crippen molar-refractivity contribution in [2.24, 2.45) is 0 Å². The summed E-state index contributed by atoms with van der Waals surface area (Å²) < 4.78 is 13.9. The second-order valence-electron chi connectivity index (χ2n) is 8.84. The molecule has 0 bridgehead atoms. The average Bonchev–Trinajstić information content (AvgIpc) is 3.18. The maximum atomic E-state index is 13.9. The molecule has 0 aliphatic heterocycles. The highest BCUT2D eigenvalue weighted by Gasteiger charge is 2.17. The monoisotopic (exact) mass is 421 g/mol. The van der Waals surface area contributed by atoms with Crippen LogP contribution in [0.2, 0.25) is 0 Å². The smallest absolute Gasteiger partial charge is 0.224 e. The summed E-state index contributed by atoms with van der Waals surface area (Å²) >= 11 is 0. The van der Waals surface area contributed by atoms with E-state index in [1.54, 1.807) is 19.1 Å². The number of rotatable bonds is 7. The first kappa shape index (κ1) is 21.6. The van der Waals surface area contributed by atoms with Crippen LogP contribution in [0, 0.1) is 12.7 Å². The number of halogens is 1. The number of nitrogens with zero attached hydrogens (tertiary/aromatic N) is 1. The lowest BCUT2D eigenvalue weighted by atomic mass is 9.94. The Bertz CT molecular complexity index is 1050. The minimum atomic E-state index is -0.199. The van der Waals surface area contributed by atoms with Gasteiger partial charge in [0.1, 0.15) is 5.82 Å². The van der Waals surface area contributed by atoms with Crippen LogP contribution in [0.3, 0.4) is 0 Å². The number of hydrogen-bond donors (Lipinski definition) is 2. The van der Waals surface area contributed by atoms with Crippen LogP contribution in [0.5, 0.6) is 0 Å². The van der Waals surface area contributed by atoms with Crippen molar-refractivity contribution in [3.63, 3.8) is 0 Å². The molecule has 2 N–H and O–H groups in total. The molecule has 1 aliphatic carbocycles. The summed E-state index contributed by atoms with van der Waals surface area (Å²) in [5.74, 6) is -0.154. The molecule has 4 rings (SSSR count). The van der Waals surface area contributed by atoms with Gasteiger partial charge in [-0.3, -0.25) is 4.79 Å². The van der Waals surface area contributed by atoms with E-state index in [1.165, 1.54) is 32.1 Å². The van der Waals surface area contributed by atoms with Crippen LogP contribution in [0.1, 0.15) is 43.2 Å². The molecule has 5 heteroatoms. The molecule has 1 fully saturated rings. The summed E-state index contributed by atoms with van der Waals surface area (Å²) in [5.41, 5.74) is 4.38. The fraction of sp³-hybridized carbons (Fsp3) is 0.423. The third kappa shape index (κ3) is 5.16. The Morgan fingerprint density at radius 1 is 1.13 bits per heavy atom. The number of aryl methyl sites for hydroxylation is 1. The van der Waals surface area contributed by atoms with Crippen LogP contribution in [0.15, 0.2) is 42.6 Å². The topological polar surface area (TPSA) is 48.1 Å². The lowest BCUT2D eigenvalue weighted by molar-refractivity contribution is -0.120. The molecular weight excluding hydrogens is 389 g/mol. The molecule has 1 amide bonds. The first-order valence-electron chi connectivity index (χ1n) is 11.3. The molecule has 2 aromatic carbocycles. The zero-order valence-electron chi connectivity index (χ0n) is 18.5. The van der Waals surface area contributed by atoms with Crippen LogP contribution in [0.4, 0.5) is 4.39 Å². The van der Waals surface area contributed by atoms with Gasteiger partial charge < -0.3 is 15.2 Å². The standard InChI is InChI=1S/C26H32FN3O/c1-18-8-9-19(14-24(18)27)20-10-11-23-21(17-29-25(23)15-20)16-26(31)28-12-13-30(2)22-6-4-3-5-7-22/h8-11,14-15,17,22,29H,3-7,12-13,16H2,1-2H3,(H,28,31). The number of aromatic nitrogens is 1. The Balaban J connectivity index is 1.35. The number of fused-ring (bicyclic) bond motifs is 1. The highest BCUT2D eigenvalue weighted by atomic mass is 19.1. The molecule has 0 saturated heterocycles. The molecule has 1 aliphatic rings. The van der Waals surface area contributed by atoms with Crippen LogP contribution in [0.25, 0.3) is 22.0 Å². The maximum Gasteiger partial charge on any atom is 0.224 e. The van der Waals surface area contributed by atoms with Gasteiger partial charge in [0.05, 0.1) is 6.42 Å². The zero-order chi connectivity index (χ0) is 21.8. The van der Waals surface area contributed by atoms with Crippen molar-refractivity contribution in [1.82, 2.24) is 15.2 Å². The van der Waals surface area contributed by atoms with E-state index in [0.29, 0.717) is 24.6 Å². The second kappa shape index (κ2) is 9.65. The van der Waals surface area contributed by atoms with E-state index >= 15 is 0 Å². The molecule has 4 nitrogen and oxygen atoms in total. The number of likely N-dealkylation sites (N-methyl/N-ethyl adjacent to an activating group) is 1. The molecule has 1 heterocycles. The van der Waals surface area contributed by atoms with Gasteiger partial charge in [-0.25, -0.2) is 4.39 Å². The van der Waals surface area contributed by atoms with Gasteiger partial charge in [-0.15, -0.1) is 0 Å². The quantitative estimate of drug-likeness (QED) is 0.550. The molecule has 0 radical (unpaired) electrons. The predicted molar refractivity (Wildman–Crippen MR) is 125 cm³/mol. The number of carbonyl (C=O) groups is 1. The number of carbonyl (C=O) groups excluding carboxylic acids is 1. The Labute approximate surface area is 183 Å². The van der Waals surface area contributed by atoms with Crippen molar-refractivity contribution in [3.8, 4) is 11.1 Å². The molecule has 164 valence electrons. The maximum absolute atomic E-state index is 13.9. The van der Waals surface area contributed by atoms with Crippen LogP contribution < -0.4 is 5.32 Å². The number of amides is 1. The van der Waals surface area contributed by atoms with E-state index in [-0.39, 0.29) is 11.7 Å². The van der Waals surface area contributed by atoms with Gasteiger partial charge in [-0.05, 0) is 61.2 Å². The minimum absolute atomic E-state index is 0.0441. The fourth-order valence-electron chi connectivity index (χ4n) is 4.60. The SMILES string of the molecule is Cc1ccc(-c2ccc3c(CC(=O)NCCN(C)C4CCCCC4)c[nH]c3c2)cc1F. The van der Waals surface area contributed by atoms with E-state index in [4.69, 9.17) is 0 Å². The third-order valence-electron chi connectivity index (χ3n) is 6.61. The summed E-state index contributed by atoms with van der Waals surface area (Å²) in [6.07, 6.45) is 8.80. The van der Waals surface area contributed by atoms with Crippen molar-refractivity contribution < 1.29 is 9.18 Å². The van der Waals surface area contributed by atoms with Gasteiger partial charge in [0.2, 0.25) is 5.91 Å². The number of aromatic amines is 1. The van der Waals surface area contributed by atoms with Crippen molar-refractivity contribution in [3.05, 3.63) is 59.5 Å². The van der Waals surface area contributed by atoms with Crippen molar-refractivity contribution >= 4 is 16.8 Å². The molecular formula is C26H32FN3O. The number of benzene rings is 2.